The maximum absolute atomic E-state index is 13.7. The van der Waals surface area contributed by atoms with Crippen molar-refractivity contribution in [2.75, 3.05) is 31.9 Å². The molecular weight excluding hydrogens is 749 g/mol. The van der Waals surface area contributed by atoms with Gasteiger partial charge < -0.3 is 30.7 Å². The predicted molar refractivity (Wildman–Crippen MR) is 218 cm³/mol. The molecule has 0 aromatic heterocycles. The van der Waals surface area contributed by atoms with Crippen molar-refractivity contribution in [2.24, 2.45) is 0 Å². The second-order valence-electron chi connectivity index (χ2n) is 12.4. The van der Waals surface area contributed by atoms with Crippen LogP contribution in [0.2, 0.25) is 0 Å². The molecule has 0 bridgehead atoms. The van der Waals surface area contributed by atoms with Gasteiger partial charge in [-0.3, -0.25) is 10.6 Å². The van der Waals surface area contributed by atoms with Gasteiger partial charge in [-0.2, -0.15) is 0 Å². The zero-order valence-electron chi connectivity index (χ0n) is 30.5. The van der Waals surface area contributed by atoms with Crippen LogP contribution in [-0.4, -0.2) is 32.7 Å². The van der Waals surface area contributed by atoms with Crippen LogP contribution in [0.15, 0.2) is 155 Å². The van der Waals surface area contributed by atoms with Crippen LogP contribution in [0, 0.1) is 13.8 Å². The van der Waals surface area contributed by atoms with Crippen molar-refractivity contribution < 1.29 is 37.1 Å². The van der Waals surface area contributed by atoms with Crippen molar-refractivity contribution in [2.45, 2.75) is 23.6 Å². The molecule has 6 amide bonds. The first-order valence-electron chi connectivity index (χ1n) is 17.3. The van der Waals surface area contributed by atoms with Gasteiger partial charge in [0.2, 0.25) is 9.84 Å². The fourth-order valence-electron chi connectivity index (χ4n) is 5.33. The van der Waals surface area contributed by atoms with Crippen LogP contribution in [-0.2, 0) is 9.84 Å². The molecule has 0 fully saturated rings. The van der Waals surface area contributed by atoms with Crippen molar-refractivity contribution in [3.8, 4) is 11.5 Å². The molecule has 6 N–H and O–H groups in total. The maximum atomic E-state index is 13.7. The smallest absolute Gasteiger partial charge is 0.410 e. The molecule has 6 rings (SSSR count). The molecule has 0 saturated carbocycles. The van der Waals surface area contributed by atoms with Gasteiger partial charge in [-0.1, -0.05) is 60.7 Å². The average molecular weight is 785 g/mol. The molecule has 0 atom stereocenters. The number of urea groups is 2. The second kappa shape index (κ2) is 17.7. The van der Waals surface area contributed by atoms with Crippen LogP contribution < -0.4 is 41.4 Å². The van der Waals surface area contributed by atoms with Gasteiger partial charge >= 0.3 is 24.2 Å². The van der Waals surface area contributed by atoms with E-state index in [1.54, 1.807) is 111 Å². The molecule has 14 nitrogen and oxygen atoms in total. The van der Waals surface area contributed by atoms with Gasteiger partial charge in [-0.05, 0) is 110 Å². The highest BCUT2D eigenvalue weighted by Crippen LogP contribution is 2.27. The number of aryl methyl sites for hydroxylation is 2. The Balaban J connectivity index is 1.07. The molecule has 0 aliphatic carbocycles. The number of hydrogen-bond acceptors (Lipinski definition) is 8. The number of anilines is 6. The van der Waals surface area contributed by atoms with Gasteiger partial charge in [0.1, 0.15) is 11.5 Å². The second-order valence-corrected chi connectivity index (χ2v) is 14.4. The molecule has 0 spiro atoms. The number of amides is 6. The van der Waals surface area contributed by atoms with Crippen molar-refractivity contribution in [1.29, 1.82) is 0 Å². The molecule has 0 heterocycles. The summed E-state index contributed by atoms with van der Waals surface area (Å²) in [5.41, 5.74) is 3.33. The van der Waals surface area contributed by atoms with Crippen LogP contribution in [0.25, 0.3) is 0 Å². The molecule has 0 unspecified atom stereocenters. The summed E-state index contributed by atoms with van der Waals surface area (Å²) in [6, 6.07) is 37.1. The fraction of sp³-hybridized carbons (Fsp3) is 0.0476. The molecule has 0 radical (unpaired) electrons. The highest BCUT2D eigenvalue weighted by atomic mass is 32.2. The topological polar surface area (TPSA) is 193 Å². The number of sulfone groups is 1. The highest BCUT2D eigenvalue weighted by molar-refractivity contribution is 7.91. The minimum atomic E-state index is -4.11. The lowest BCUT2D eigenvalue weighted by molar-refractivity contribution is 0.214. The van der Waals surface area contributed by atoms with Gasteiger partial charge in [0, 0.05) is 34.1 Å². The molecule has 6 aromatic carbocycles. The quantitative estimate of drug-likeness (QED) is 0.0790. The van der Waals surface area contributed by atoms with Crippen LogP contribution in [0.1, 0.15) is 11.1 Å². The number of carbonyl (C=O) groups excluding carboxylic acids is 4. The van der Waals surface area contributed by atoms with Gasteiger partial charge in [0.05, 0.1) is 9.79 Å². The summed E-state index contributed by atoms with van der Waals surface area (Å²) in [7, 11) is -4.11. The lowest BCUT2D eigenvalue weighted by Gasteiger charge is -2.14. The summed E-state index contributed by atoms with van der Waals surface area (Å²) in [5.74, 6) is 0.732. The number of hydrogen-bond donors (Lipinski definition) is 6. The number of carbonyl (C=O) groups is 4. The molecule has 0 aliphatic heterocycles. The summed E-state index contributed by atoms with van der Waals surface area (Å²) in [6.45, 7) is 3.54. The maximum Gasteiger partial charge on any atom is 0.417 e. The summed E-state index contributed by atoms with van der Waals surface area (Å²) in [5, 5.41) is 16.0. The highest BCUT2D eigenvalue weighted by Gasteiger charge is 2.20. The van der Waals surface area contributed by atoms with Crippen molar-refractivity contribution >= 4 is 68.2 Å². The zero-order chi connectivity index (χ0) is 40.4. The Morgan fingerprint density at radius 3 is 1.21 bits per heavy atom. The summed E-state index contributed by atoms with van der Waals surface area (Å²) >= 11 is 0. The van der Waals surface area contributed by atoms with Crippen molar-refractivity contribution in [1.82, 2.24) is 0 Å². The van der Waals surface area contributed by atoms with Gasteiger partial charge in [0.15, 0.2) is 0 Å². The Kier molecular flexibility index (Phi) is 12.1. The molecule has 288 valence electrons. The van der Waals surface area contributed by atoms with E-state index in [0.717, 1.165) is 0 Å². The summed E-state index contributed by atoms with van der Waals surface area (Å²) in [6.07, 6.45) is -1.42. The largest absolute Gasteiger partial charge is 0.417 e. The van der Waals surface area contributed by atoms with Crippen LogP contribution >= 0.6 is 0 Å². The third-order valence-corrected chi connectivity index (χ3v) is 9.93. The minimum Gasteiger partial charge on any atom is -0.410 e. The standard InChI is InChI=1S/C42H36N6O8S/c1-27-19-21-31(45-41(51)55-33-13-5-3-6-14-33)25-37(27)47-39(49)43-29-11-9-17-35(23-29)57(53,54)36-18-10-12-30(24-36)44-40(50)48-38-26-32(22-20-28(38)2)46-42(52)56-34-15-7-4-8-16-34/h3-26H,1-2H3,(H,45,51)(H,46,52)(H2,43,47,49)(H2,44,48,50). The number of para-hydroxylation sites is 2. The van der Waals surface area contributed by atoms with E-state index in [4.69, 9.17) is 9.47 Å². The van der Waals surface area contributed by atoms with E-state index in [-0.39, 0.29) is 21.2 Å². The Morgan fingerprint density at radius 1 is 0.421 bits per heavy atom. The van der Waals surface area contributed by atoms with Gasteiger partial charge in [-0.25, -0.2) is 27.6 Å². The third kappa shape index (κ3) is 10.7. The third-order valence-electron chi connectivity index (χ3n) is 8.18. The number of nitrogens with one attached hydrogen (secondary N) is 6. The molecular formula is C42H36N6O8S. The molecule has 15 heteroatoms. The number of rotatable bonds is 10. The Hall–Kier alpha value is -7.65. The SMILES string of the molecule is Cc1ccc(NC(=O)Oc2ccccc2)cc1NC(=O)Nc1cccc(S(=O)(=O)c2cccc(NC(=O)Nc3cc(NC(=O)Oc4ccccc4)ccc3C)c2)c1. The average Bonchev–Trinajstić information content (AvgIpc) is 3.18. The van der Waals surface area contributed by atoms with Crippen LogP contribution in [0.3, 0.4) is 0 Å². The van der Waals surface area contributed by atoms with Crippen molar-refractivity contribution in [3.63, 3.8) is 0 Å². The molecule has 0 saturated heterocycles. The summed E-state index contributed by atoms with van der Waals surface area (Å²) < 4.78 is 38.0. The predicted octanol–water partition coefficient (Wildman–Crippen LogP) is 9.65. The number of benzene rings is 6. The fourth-order valence-corrected chi connectivity index (χ4v) is 6.69. The van der Waals surface area contributed by atoms with Crippen LogP contribution in [0.4, 0.5) is 53.3 Å². The lowest BCUT2D eigenvalue weighted by atomic mass is 10.2. The van der Waals surface area contributed by atoms with E-state index < -0.39 is 34.1 Å². The zero-order valence-corrected chi connectivity index (χ0v) is 31.3. The first-order chi connectivity index (χ1) is 27.4. The van der Waals surface area contributed by atoms with E-state index in [0.29, 0.717) is 45.4 Å². The van der Waals surface area contributed by atoms with E-state index in [2.05, 4.69) is 31.9 Å². The monoisotopic (exact) mass is 784 g/mol. The summed E-state index contributed by atoms with van der Waals surface area (Å²) in [4.78, 5) is 50.6. The first kappa shape index (κ1) is 39.1. The molecule has 57 heavy (non-hydrogen) atoms. The van der Waals surface area contributed by atoms with E-state index >= 15 is 0 Å². The molecule has 0 aliphatic rings. The first-order valence-corrected chi connectivity index (χ1v) is 18.8. The Bertz CT molecular complexity index is 2380. The lowest BCUT2D eigenvalue weighted by Crippen LogP contribution is -2.21. The Labute approximate surface area is 328 Å². The van der Waals surface area contributed by atoms with E-state index in [1.807, 2.05) is 0 Å². The van der Waals surface area contributed by atoms with E-state index in [1.165, 1.54) is 48.5 Å². The number of ether oxygens (including phenoxy) is 2. The van der Waals surface area contributed by atoms with Crippen molar-refractivity contribution in [3.05, 3.63) is 157 Å². The van der Waals surface area contributed by atoms with E-state index in [9.17, 15) is 27.6 Å². The normalized spacial score (nSPS) is 10.7. The Morgan fingerprint density at radius 2 is 0.807 bits per heavy atom. The van der Waals surface area contributed by atoms with Crippen LogP contribution in [0.5, 0.6) is 11.5 Å². The minimum absolute atomic E-state index is 0.105. The molecule has 6 aromatic rings. The van der Waals surface area contributed by atoms with Gasteiger partial charge in [0.25, 0.3) is 0 Å². The van der Waals surface area contributed by atoms with Gasteiger partial charge in [-0.15, -0.1) is 0 Å².